The van der Waals surface area contributed by atoms with Gasteiger partial charge in [-0.3, -0.25) is 0 Å². The molecule has 1 atom stereocenters. The second-order valence-electron chi connectivity index (χ2n) is 3.49. The molecule has 0 saturated heterocycles. The summed E-state index contributed by atoms with van der Waals surface area (Å²) in [7, 11) is -2.09. The fraction of sp³-hybridized carbons (Fsp3) is 0.625. The number of nitrogens with zero attached hydrogens (tertiary/aromatic N) is 2. The average molecular weight is 268 g/mol. The third-order valence-electron chi connectivity index (χ3n) is 1.94. The van der Waals surface area contributed by atoms with E-state index in [1.165, 1.54) is 10.9 Å². The lowest BCUT2D eigenvalue weighted by atomic mass is 10.3. The Morgan fingerprint density at radius 2 is 2.31 bits per heavy atom. The SMILES string of the molecule is CC(O)CCNS(=O)(=O)c1ncn(C)c1Cl. The molecule has 0 saturated carbocycles. The van der Waals surface area contributed by atoms with Crippen molar-refractivity contribution in [2.24, 2.45) is 7.05 Å². The number of aliphatic hydroxyl groups excluding tert-OH is 1. The zero-order valence-electron chi connectivity index (χ0n) is 9.01. The Hall–Kier alpha value is -0.630. The summed E-state index contributed by atoms with van der Waals surface area (Å²) in [5, 5.41) is 8.87. The van der Waals surface area contributed by atoms with Crippen molar-refractivity contribution in [1.82, 2.24) is 14.3 Å². The van der Waals surface area contributed by atoms with Crippen LogP contribution in [0.15, 0.2) is 11.4 Å². The quantitative estimate of drug-likeness (QED) is 0.794. The number of hydrogen-bond acceptors (Lipinski definition) is 4. The molecule has 0 aliphatic carbocycles. The third kappa shape index (κ3) is 3.18. The van der Waals surface area contributed by atoms with E-state index in [-0.39, 0.29) is 16.7 Å². The van der Waals surface area contributed by atoms with Crippen LogP contribution in [0.3, 0.4) is 0 Å². The second kappa shape index (κ2) is 5.13. The average Bonchev–Trinajstić information content (AvgIpc) is 2.47. The van der Waals surface area contributed by atoms with Crippen molar-refractivity contribution in [3.63, 3.8) is 0 Å². The molecule has 0 fully saturated rings. The van der Waals surface area contributed by atoms with E-state index in [9.17, 15) is 8.42 Å². The first-order valence-corrected chi connectivity index (χ1v) is 6.55. The number of halogens is 1. The molecular weight excluding hydrogens is 254 g/mol. The summed E-state index contributed by atoms with van der Waals surface area (Å²) in [6.07, 6.45) is 1.11. The molecule has 16 heavy (non-hydrogen) atoms. The molecule has 0 spiro atoms. The first-order valence-electron chi connectivity index (χ1n) is 4.69. The Balaban J connectivity index is 2.75. The van der Waals surface area contributed by atoms with Crippen LogP contribution in [0.4, 0.5) is 0 Å². The van der Waals surface area contributed by atoms with E-state index in [0.29, 0.717) is 6.42 Å². The molecule has 1 unspecified atom stereocenters. The number of hydrogen-bond donors (Lipinski definition) is 2. The number of sulfonamides is 1. The van der Waals surface area contributed by atoms with E-state index in [0.717, 1.165) is 0 Å². The first kappa shape index (κ1) is 13.4. The van der Waals surface area contributed by atoms with Crippen LogP contribution in [0.25, 0.3) is 0 Å². The van der Waals surface area contributed by atoms with Gasteiger partial charge in [0.25, 0.3) is 10.0 Å². The van der Waals surface area contributed by atoms with E-state index in [2.05, 4.69) is 9.71 Å². The van der Waals surface area contributed by atoms with Gasteiger partial charge < -0.3 is 9.67 Å². The highest BCUT2D eigenvalue weighted by Crippen LogP contribution is 2.17. The number of imidazole rings is 1. The molecule has 0 aliphatic rings. The van der Waals surface area contributed by atoms with Crippen molar-refractivity contribution in [3.05, 3.63) is 11.5 Å². The Bertz CT molecular complexity index is 455. The molecular formula is C8H14ClN3O3S. The van der Waals surface area contributed by atoms with Crippen LogP contribution in [0.2, 0.25) is 5.15 Å². The molecule has 0 aromatic carbocycles. The monoisotopic (exact) mass is 267 g/mol. The largest absolute Gasteiger partial charge is 0.393 e. The van der Waals surface area contributed by atoms with Crippen molar-refractivity contribution < 1.29 is 13.5 Å². The van der Waals surface area contributed by atoms with Gasteiger partial charge >= 0.3 is 0 Å². The summed E-state index contributed by atoms with van der Waals surface area (Å²) in [6.45, 7) is 1.73. The van der Waals surface area contributed by atoms with Gasteiger partial charge in [0.05, 0.1) is 12.4 Å². The molecule has 1 rings (SSSR count). The molecule has 0 aliphatic heterocycles. The van der Waals surface area contributed by atoms with Crippen LogP contribution in [0, 0.1) is 0 Å². The van der Waals surface area contributed by atoms with E-state index >= 15 is 0 Å². The Kier molecular flexibility index (Phi) is 4.31. The van der Waals surface area contributed by atoms with Gasteiger partial charge in [0.1, 0.15) is 5.15 Å². The van der Waals surface area contributed by atoms with Crippen LogP contribution in [-0.4, -0.2) is 35.7 Å². The molecule has 1 heterocycles. The molecule has 0 amide bonds. The van der Waals surface area contributed by atoms with Gasteiger partial charge in [-0.05, 0) is 13.3 Å². The number of aliphatic hydroxyl groups is 1. The summed E-state index contributed by atoms with van der Waals surface area (Å²) < 4.78 is 27.1. The van der Waals surface area contributed by atoms with Gasteiger partial charge in [0, 0.05) is 13.6 Å². The molecule has 8 heteroatoms. The third-order valence-corrected chi connectivity index (χ3v) is 3.89. The van der Waals surface area contributed by atoms with Crippen molar-refractivity contribution >= 4 is 21.6 Å². The maximum absolute atomic E-state index is 11.7. The first-order chi connectivity index (χ1) is 7.34. The zero-order chi connectivity index (χ0) is 12.3. The summed E-state index contributed by atoms with van der Waals surface area (Å²) >= 11 is 5.77. The van der Waals surface area contributed by atoms with E-state index in [1.807, 2.05) is 0 Å². The molecule has 6 nitrogen and oxygen atoms in total. The van der Waals surface area contributed by atoms with Gasteiger partial charge in [0.2, 0.25) is 5.03 Å². The van der Waals surface area contributed by atoms with Gasteiger partial charge in [-0.15, -0.1) is 0 Å². The van der Waals surface area contributed by atoms with Crippen LogP contribution >= 0.6 is 11.6 Å². The summed E-state index contributed by atoms with van der Waals surface area (Å²) in [6, 6.07) is 0. The summed E-state index contributed by atoms with van der Waals surface area (Å²) in [4.78, 5) is 3.70. The van der Waals surface area contributed by atoms with E-state index in [1.54, 1.807) is 14.0 Å². The highest BCUT2D eigenvalue weighted by Gasteiger charge is 2.21. The number of nitrogens with one attached hydrogen (secondary N) is 1. The topological polar surface area (TPSA) is 84.2 Å². The zero-order valence-corrected chi connectivity index (χ0v) is 10.6. The van der Waals surface area contributed by atoms with Crippen LogP contribution in [0.1, 0.15) is 13.3 Å². The normalized spacial score (nSPS) is 14.0. The predicted octanol–water partition coefficient (Wildman–Crippen LogP) is 0.123. The van der Waals surface area contributed by atoms with Gasteiger partial charge in [-0.1, -0.05) is 11.6 Å². The predicted molar refractivity (Wildman–Crippen MR) is 59.7 cm³/mol. The minimum absolute atomic E-state index is 0.0598. The maximum atomic E-state index is 11.7. The Labute approximate surface area is 99.3 Å². The molecule has 2 N–H and O–H groups in total. The fourth-order valence-corrected chi connectivity index (χ4v) is 2.52. The van der Waals surface area contributed by atoms with Crippen LogP contribution in [-0.2, 0) is 17.1 Å². The van der Waals surface area contributed by atoms with Crippen molar-refractivity contribution in [2.75, 3.05) is 6.54 Å². The smallest absolute Gasteiger partial charge is 0.261 e. The van der Waals surface area contributed by atoms with E-state index < -0.39 is 16.1 Å². The Morgan fingerprint density at radius 1 is 1.69 bits per heavy atom. The van der Waals surface area contributed by atoms with E-state index in [4.69, 9.17) is 16.7 Å². The fourth-order valence-electron chi connectivity index (χ4n) is 1.04. The van der Waals surface area contributed by atoms with Gasteiger partial charge in [0.15, 0.2) is 0 Å². The summed E-state index contributed by atoms with van der Waals surface area (Å²) in [5.41, 5.74) is 0. The maximum Gasteiger partial charge on any atom is 0.261 e. The lowest BCUT2D eigenvalue weighted by molar-refractivity contribution is 0.186. The summed E-state index contributed by atoms with van der Waals surface area (Å²) in [5.74, 6) is 0. The number of aryl methyl sites for hydroxylation is 1. The van der Waals surface area contributed by atoms with Crippen LogP contribution < -0.4 is 4.72 Å². The van der Waals surface area contributed by atoms with Crippen molar-refractivity contribution in [2.45, 2.75) is 24.5 Å². The van der Waals surface area contributed by atoms with Crippen molar-refractivity contribution in [1.29, 1.82) is 0 Å². The van der Waals surface area contributed by atoms with Crippen molar-refractivity contribution in [3.8, 4) is 0 Å². The highest BCUT2D eigenvalue weighted by atomic mass is 35.5. The minimum atomic E-state index is -3.69. The number of aromatic nitrogens is 2. The highest BCUT2D eigenvalue weighted by molar-refractivity contribution is 7.89. The molecule has 92 valence electrons. The minimum Gasteiger partial charge on any atom is -0.393 e. The standard InChI is InChI=1S/C8H14ClN3O3S/c1-6(13)3-4-11-16(14,15)8-7(9)12(2)5-10-8/h5-6,11,13H,3-4H2,1-2H3. The molecule has 1 aromatic rings. The lowest BCUT2D eigenvalue weighted by Gasteiger charge is -2.06. The lowest BCUT2D eigenvalue weighted by Crippen LogP contribution is -2.27. The molecule has 0 radical (unpaired) electrons. The molecule has 1 aromatic heterocycles. The van der Waals surface area contributed by atoms with Gasteiger partial charge in [-0.2, -0.15) is 0 Å². The Morgan fingerprint density at radius 3 is 2.75 bits per heavy atom. The van der Waals surface area contributed by atoms with Gasteiger partial charge in [-0.25, -0.2) is 18.1 Å². The number of rotatable bonds is 5. The second-order valence-corrected chi connectivity index (χ2v) is 5.53. The molecule has 0 bridgehead atoms. The van der Waals surface area contributed by atoms with Crippen LogP contribution in [0.5, 0.6) is 0 Å².